The Kier molecular flexibility index (Phi) is 7.74. The largest absolute Gasteiger partial charge is 0.370 e. The van der Waals surface area contributed by atoms with E-state index in [9.17, 15) is 4.79 Å². The molecule has 3 rings (SSSR count). The Hall–Kier alpha value is -2.80. The summed E-state index contributed by atoms with van der Waals surface area (Å²) in [6, 6.07) is 14.8. The molecule has 0 fully saturated rings. The van der Waals surface area contributed by atoms with Gasteiger partial charge in [-0.15, -0.1) is 10.2 Å². The van der Waals surface area contributed by atoms with Gasteiger partial charge in [0.25, 0.3) is 0 Å². The number of amides is 1. The number of nitrogens with zero attached hydrogens (tertiary/aromatic N) is 4. The van der Waals surface area contributed by atoms with Crippen LogP contribution in [0.15, 0.2) is 47.6 Å². The lowest BCUT2D eigenvalue weighted by Gasteiger charge is -2.23. The molecule has 1 heterocycles. The van der Waals surface area contributed by atoms with Crippen LogP contribution in [0.25, 0.3) is 5.69 Å². The first-order valence-corrected chi connectivity index (χ1v) is 11.6. The molecule has 1 amide bonds. The quantitative estimate of drug-likeness (QED) is 0.508. The average molecular weight is 438 g/mol. The van der Waals surface area contributed by atoms with Gasteiger partial charge in [-0.05, 0) is 69.5 Å². The highest BCUT2D eigenvalue weighted by atomic mass is 32.2. The topological polar surface area (TPSA) is 63.1 Å². The van der Waals surface area contributed by atoms with Crippen LogP contribution in [0.2, 0.25) is 0 Å². The summed E-state index contributed by atoms with van der Waals surface area (Å²) in [5.74, 6) is 1.12. The zero-order valence-electron chi connectivity index (χ0n) is 19.0. The van der Waals surface area contributed by atoms with Crippen LogP contribution in [0, 0.1) is 27.7 Å². The van der Waals surface area contributed by atoms with Crippen LogP contribution >= 0.6 is 11.8 Å². The van der Waals surface area contributed by atoms with Gasteiger partial charge in [0.2, 0.25) is 5.91 Å². The summed E-state index contributed by atoms with van der Waals surface area (Å²) < 4.78 is 2.02. The zero-order valence-corrected chi connectivity index (χ0v) is 19.8. The molecule has 0 atom stereocenters. The highest BCUT2D eigenvalue weighted by Crippen LogP contribution is 2.24. The number of anilines is 1. The van der Waals surface area contributed by atoms with E-state index >= 15 is 0 Å². The Morgan fingerprint density at radius 1 is 1.06 bits per heavy atom. The van der Waals surface area contributed by atoms with Gasteiger partial charge in [0.15, 0.2) is 5.16 Å². The van der Waals surface area contributed by atoms with Gasteiger partial charge in [-0.25, -0.2) is 0 Å². The molecule has 0 aliphatic heterocycles. The van der Waals surface area contributed by atoms with Crippen molar-refractivity contribution in [2.45, 2.75) is 39.8 Å². The Labute approximate surface area is 189 Å². The lowest BCUT2D eigenvalue weighted by atomic mass is 10.1. The highest BCUT2D eigenvalue weighted by molar-refractivity contribution is 7.99. The fourth-order valence-corrected chi connectivity index (χ4v) is 4.30. The van der Waals surface area contributed by atoms with Gasteiger partial charge in [-0.1, -0.05) is 36.0 Å². The number of hydrogen-bond acceptors (Lipinski definition) is 5. The minimum Gasteiger partial charge on any atom is -0.370 e. The average Bonchev–Trinajstić information content (AvgIpc) is 3.11. The van der Waals surface area contributed by atoms with Crippen LogP contribution in [0.5, 0.6) is 0 Å². The molecule has 0 spiro atoms. The minimum absolute atomic E-state index is 0.00142. The molecule has 0 saturated heterocycles. The van der Waals surface area contributed by atoms with Crippen molar-refractivity contribution in [1.82, 2.24) is 20.1 Å². The van der Waals surface area contributed by atoms with E-state index in [1.165, 1.54) is 28.6 Å². The Balaban J connectivity index is 1.56. The molecule has 3 aromatic rings. The van der Waals surface area contributed by atoms with Crippen molar-refractivity contribution >= 4 is 23.4 Å². The third-order valence-electron chi connectivity index (χ3n) is 5.19. The summed E-state index contributed by atoms with van der Waals surface area (Å²) >= 11 is 1.41. The molecule has 6 nitrogen and oxygen atoms in total. The van der Waals surface area contributed by atoms with E-state index in [-0.39, 0.29) is 5.91 Å². The number of hydrogen-bond donors (Lipinski definition) is 1. The number of likely N-dealkylation sites (N-methyl/N-ethyl adjacent to an activating group) is 1. The standard InChI is InChI=1S/C24H31N5OS/c1-6-28(21-9-7-8-17(2)14-21)13-12-25-23(30)16-31-24-27-26-20(5)29(24)22-15-18(3)10-11-19(22)4/h7-11,14-15H,6,12-13,16H2,1-5H3,(H,25,30). The number of thioether (sulfide) groups is 1. The second-order valence-corrected chi connectivity index (χ2v) is 8.65. The number of benzene rings is 2. The van der Waals surface area contributed by atoms with Gasteiger partial charge < -0.3 is 10.2 Å². The monoisotopic (exact) mass is 437 g/mol. The molecule has 1 N–H and O–H groups in total. The van der Waals surface area contributed by atoms with Crippen molar-refractivity contribution in [3.8, 4) is 5.69 Å². The molecule has 0 aliphatic carbocycles. The summed E-state index contributed by atoms with van der Waals surface area (Å²) in [5.41, 5.74) is 5.80. The summed E-state index contributed by atoms with van der Waals surface area (Å²) in [5, 5.41) is 12.3. The number of nitrogens with one attached hydrogen (secondary N) is 1. The molecule has 0 unspecified atom stereocenters. The molecule has 164 valence electrons. The Morgan fingerprint density at radius 3 is 2.58 bits per heavy atom. The second-order valence-electron chi connectivity index (χ2n) is 7.71. The molecular weight excluding hydrogens is 406 g/mol. The van der Waals surface area contributed by atoms with Crippen LogP contribution in [0.1, 0.15) is 29.4 Å². The van der Waals surface area contributed by atoms with E-state index in [1.54, 1.807) is 0 Å². The van der Waals surface area contributed by atoms with Gasteiger partial charge >= 0.3 is 0 Å². The highest BCUT2D eigenvalue weighted by Gasteiger charge is 2.15. The SMILES string of the molecule is CCN(CCNC(=O)CSc1nnc(C)n1-c1cc(C)ccc1C)c1cccc(C)c1. The molecule has 0 saturated carbocycles. The third kappa shape index (κ3) is 5.88. The van der Waals surface area contributed by atoms with E-state index in [0.717, 1.165) is 35.3 Å². The first-order chi connectivity index (χ1) is 14.9. The third-order valence-corrected chi connectivity index (χ3v) is 6.11. The van der Waals surface area contributed by atoms with Crippen LogP contribution in [-0.4, -0.2) is 46.1 Å². The van der Waals surface area contributed by atoms with Crippen LogP contribution in [0.3, 0.4) is 0 Å². The van der Waals surface area contributed by atoms with Gasteiger partial charge in [-0.3, -0.25) is 9.36 Å². The van der Waals surface area contributed by atoms with Crippen molar-refractivity contribution in [2.24, 2.45) is 0 Å². The fourth-order valence-electron chi connectivity index (χ4n) is 3.48. The maximum Gasteiger partial charge on any atom is 0.230 e. The van der Waals surface area contributed by atoms with Crippen molar-refractivity contribution in [2.75, 3.05) is 30.3 Å². The molecule has 0 aliphatic rings. The van der Waals surface area contributed by atoms with Crippen molar-refractivity contribution in [1.29, 1.82) is 0 Å². The van der Waals surface area contributed by atoms with Gasteiger partial charge in [0.1, 0.15) is 5.82 Å². The maximum atomic E-state index is 12.4. The van der Waals surface area contributed by atoms with E-state index in [0.29, 0.717) is 12.3 Å². The molecule has 7 heteroatoms. The molecule has 1 aromatic heterocycles. The van der Waals surface area contributed by atoms with Crippen LogP contribution < -0.4 is 10.2 Å². The van der Waals surface area contributed by atoms with E-state index in [2.05, 4.69) is 90.6 Å². The predicted molar refractivity (Wildman–Crippen MR) is 128 cm³/mol. The van der Waals surface area contributed by atoms with Crippen molar-refractivity contribution in [3.63, 3.8) is 0 Å². The van der Waals surface area contributed by atoms with Gasteiger partial charge in [0.05, 0.1) is 11.4 Å². The summed E-state index contributed by atoms with van der Waals surface area (Å²) in [6.07, 6.45) is 0. The number of aryl methyl sites for hydroxylation is 4. The number of aromatic nitrogens is 3. The van der Waals surface area contributed by atoms with E-state index in [1.807, 2.05) is 11.5 Å². The summed E-state index contributed by atoms with van der Waals surface area (Å²) in [7, 11) is 0. The lowest BCUT2D eigenvalue weighted by molar-refractivity contribution is -0.118. The van der Waals surface area contributed by atoms with Crippen LogP contribution in [-0.2, 0) is 4.79 Å². The van der Waals surface area contributed by atoms with Gasteiger partial charge in [0, 0.05) is 25.3 Å². The van der Waals surface area contributed by atoms with Gasteiger partial charge in [-0.2, -0.15) is 0 Å². The number of rotatable bonds is 9. The fraction of sp³-hybridized carbons (Fsp3) is 0.375. The minimum atomic E-state index is -0.00142. The second kappa shape index (κ2) is 10.5. The van der Waals surface area contributed by atoms with E-state index in [4.69, 9.17) is 0 Å². The van der Waals surface area contributed by atoms with Crippen molar-refractivity contribution < 1.29 is 4.79 Å². The number of carbonyl (C=O) groups excluding carboxylic acids is 1. The Bertz CT molecular complexity index is 1050. The van der Waals surface area contributed by atoms with Crippen molar-refractivity contribution in [3.05, 3.63) is 65.0 Å². The molecule has 31 heavy (non-hydrogen) atoms. The summed E-state index contributed by atoms with van der Waals surface area (Å²) in [4.78, 5) is 14.7. The first kappa shape index (κ1) is 22.9. The molecular formula is C24H31N5OS. The van der Waals surface area contributed by atoms with E-state index < -0.39 is 0 Å². The predicted octanol–water partition coefficient (Wildman–Crippen LogP) is 4.24. The lowest BCUT2D eigenvalue weighted by Crippen LogP contribution is -2.35. The number of carbonyl (C=O) groups is 1. The molecule has 0 bridgehead atoms. The maximum absolute atomic E-state index is 12.4. The Morgan fingerprint density at radius 2 is 1.84 bits per heavy atom. The first-order valence-electron chi connectivity index (χ1n) is 10.6. The molecule has 0 radical (unpaired) electrons. The molecule has 2 aromatic carbocycles. The summed E-state index contributed by atoms with van der Waals surface area (Å²) in [6.45, 7) is 12.6. The normalized spacial score (nSPS) is 10.9. The van der Waals surface area contributed by atoms with Crippen LogP contribution in [0.4, 0.5) is 5.69 Å². The smallest absolute Gasteiger partial charge is 0.230 e. The zero-order chi connectivity index (χ0) is 22.4.